The van der Waals surface area contributed by atoms with E-state index in [2.05, 4.69) is 37.6 Å². The number of hydrogen-bond acceptors (Lipinski definition) is 3. The fourth-order valence-electron chi connectivity index (χ4n) is 2.26. The summed E-state index contributed by atoms with van der Waals surface area (Å²) in [6, 6.07) is 0.650. The quantitative estimate of drug-likeness (QED) is 0.694. The van der Waals surface area contributed by atoms with Crippen LogP contribution in [0.25, 0.3) is 0 Å². The molecule has 0 atom stereocenters. The number of rotatable bonds is 5. The van der Waals surface area contributed by atoms with Crippen molar-refractivity contribution in [3.63, 3.8) is 0 Å². The standard InChI is InChI=1S/C13H27N3/c1-11(2)9-15-13(10-14)5-7-16(8-6-13)12(3)4/h12,15H,1,5-10,14H2,2-4H3. The third-order valence-corrected chi connectivity index (χ3v) is 3.64. The number of piperidine rings is 1. The van der Waals surface area contributed by atoms with Crippen molar-refractivity contribution in [3.05, 3.63) is 12.2 Å². The Kier molecular flexibility index (Phi) is 4.96. The second-order valence-corrected chi connectivity index (χ2v) is 5.42. The lowest BCUT2D eigenvalue weighted by atomic mass is 9.87. The SMILES string of the molecule is C=C(C)CNC1(CN)CCN(C(C)C)CC1. The minimum Gasteiger partial charge on any atom is -0.329 e. The molecule has 0 aromatic rings. The van der Waals surface area contributed by atoms with Gasteiger partial charge in [-0.1, -0.05) is 12.2 Å². The highest BCUT2D eigenvalue weighted by molar-refractivity contribution is 5.00. The van der Waals surface area contributed by atoms with Gasteiger partial charge in [0, 0.05) is 37.8 Å². The van der Waals surface area contributed by atoms with Gasteiger partial charge >= 0.3 is 0 Å². The van der Waals surface area contributed by atoms with E-state index < -0.39 is 0 Å². The summed E-state index contributed by atoms with van der Waals surface area (Å²) in [6.07, 6.45) is 2.30. The van der Waals surface area contributed by atoms with Crippen LogP contribution in [0, 0.1) is 0 Å². The molecule has 3 N–H and O–H groups in total. The molecule has 3 heteroatoms. The molecule has 0 aliphatic carbocycles. The van der Waals surface area contributed by atoms with E-state index in [9.17, 15) is 0 Å². The van der Waals surface area contributed by atoms with Gasteiger partial charge in [-0.15, -0.1) is 0 Å². The molecule has 94 valence electrons. The second kappa shape index (κ2) is 5.80. The fraction of sp³-hybridized carbons (Fsp3) is 0.846. The molecule has 1 rings (SSSR count). The molecule has 0 aromatic carbocycles. The molecule has 1 aliphatic heterocycles. The lowest BCUT2D eigenvalue weighted by Gasteiger charge is -2.43. The van der Waals surface area contributed by atoms with Crippen LogP contribution < -0.4 is 11.1 Å². The van der Waals surface area contributed by atoms with E-state index in [0.717, 1.165) is 39.0 Å². The van der Waals surface area contributed by atoms with Crippen LogP contribution in [-0.2, 0) is 0 Å². The van der Waals surface area contributed by atoms with Gasteiger partial charge in [0.1, 0.15) is 0 Å². The van der Waals surface area contributed by atoms with Crippen molar-refractivity contribution in [1.29, 1.82) is 0 Å². The second-order valence-electron chi connectivity index (χ2n) is 5.42. The van der Waals surface area contributed by atoms with Crippen LogP contribution >= 0.6 is 0 Å². The van der Waals surface area contributed by atoms with Crippen LogP contribution in [0.3, 0.4) is 0 Å². The first-order valence-electron chi connectivity index (χ1n) is 6.32. The fourth-order valence-corrected chi connectivity index (χ4v) is 2.26. The zero-order valence-electron chi connectivity index (χ0n) is 11.1. The third kappa shape index (κ3) is 3.58. The van der Waals surface area contributed by atoms with Crippen molar-refractivity contribution < 1.29 is 0 Å². The van der Waals surface area contributed by atoms with Gasteiger partial charge in [-0.2, -0.15) is 0 Å². The van der Waals surface area contributed by atoms with Gasteiger partial charge in [-0.25, -0.2) is 0 Å². The van der Waals surface area contributed by atoms with Crippen LogP contribution in [-0.4, -0.2) is 42.7 Å². The first-order valence-corrected chi connectivity index (χ1v) is 6.32. The molecule has 3 nitrogen and oxygen atoms in total. The normalized spacial score (nSPS) is 21.3. The molecule has 0 radical (unpaired) electrons. The smallest absolute Gasteiger partial charge is 0.0331 e. The van der Waals surface area contributed by atoms with Crippen molar-refractivity contribution in [3.8, 4) is 0 Å². The van der Waals surface area contributed by atoms with Gasteiger partial charge in [0.2, 0.25) is 0 Å². The maximum absolute atomic E-state index is 5.94. The molecule has 1 fully saturated rings. The van der Waals surface area contributed by atoms with E-state index >= 15 is 0 Å². The molecule has 16 heavy (non-hydrogen) atoms. The number of likely N-dealkylation sites (tertiary alicyclic amines) is 1. The van der Waals surface area contributed by atoms with Crippen molar-refractivity contribution in [2.75, 3.05) is 26.2 Å². The monoisotopic (exact) mass is 225 g/mol. The summed E-state index contributed by atoms with van der Waals surface area (Å²) in [5, 5.41) is 3.59. The Morgan fingerprint density at radius 2 is 2.00 bits per heavy atom. The van der Waals surface area contributed by atoms with Gasteiger partial charge in [-0.05, 0) is 33.6 Å². The summed E-state index contributed by atoms with van der Waals surface area (Å²) < 4.78 is 0. The van der Waals surface area contributed by atoms with E-state index in [4.69, 9.17) is 5.73 Å². The van der Waals surface area contributed by atoms with Crippen LogP contribution in [0.2, 0.25) is 0 Å². The molecular formula is C13H27N3. The highest BCUT2D eigenvalue weighted by Crippen LogP contribution is 2.22. The van der Waals surface area contributed by atoms with Gasteiger partial charge < -0.3 is 16.0 Å². The number of nitrogens with two attached hydrogens (primary N) is 1. The summed E-state index contributed by atoms with van der Waals surface area (Å²) in [4.78, 5) is 2.52. The highest BCUT2D eigenvalue weighted by Gasteiger charge is 2.33. The number of nitrogens with zero attached hydrogens (tertiary/aromatic N) is 1. The predicted octanol–water partition coefficient (Wildman–Crippen LogP) is 1.35. The van der Waals surface area contributed by atoms with Crippen molar-refractivity contribution in [2.24, 2.45) is 5.73 Å². The average molecular weight is 225 g/mol. The van der Waals surface area contributed by atoms with Crippen LogP contribution in [0.4, 0.5) is 0 Å². The minimum absolute atomic E-state index is 0.143. The number of nitrogens with one attached hydrogen (secondary N) is 1. The van der Waals surface area contributed by atoms with Crippen LogP contribution in [0.15, 0.2) is 12.2 Å². The van der Waals surface area contributed by atoms with Crippen molar-refractivity contribution in [1.82, 2.24) is 10.2 Å². The lowest BCUT2D eigenvalue weighted by molar-refractivity contribution is 0.116. The molecule has 0 spiro atoms. The summed E-state index contributed by atoms with van der Waals surface area (Å²) in [7, 11) is 0. The molecule has 0 aromatic heterocycles. The largest absolute Gasteiger partial charge is 0.329 e. The van der Waals surface area contributed by atoms with Gasteiger partial charge in [0.15, 0.2) is 0 Å². The van der Waals surface area contributed by atoms with Gasteiger partial charge in [0.05, 0.1) is 0 Å². The van der Waals surface area contributed by atoms with E-state index in [0.29, 0.717) is 6.04 Å². The highest BCUT2D eigenvalue weighted by atomic mass is 15.2. The average Bonchev–Trinajstić information content (AvgIpc) is 2.27. The molecular weight excluding hydrogens is 198 g/mol. The van der Waals surface area contributed by atoms with Crippen molar-refractivity contribution >= 4 is 0 Å². The molecule has 0 amide bonds. The first-order chi connectivity index (χ1) is 7.49. The van der Waals surface area contributed by atoms with Crippen molar-refractivity contribution in [2.45, 2.75) is 45.2 Å². The van der Waals surface area contributed by atoms with Gasteiger partial charge in [-0.3, -0.25) is 0 Å². The maximum Gasteiger partial charge on any atom is 0.0331 e. The summed E-state index contributed by atoms with van der Waals surface area (Å²) in [5.41, 5.74) is 7.26. The summed E-state index contributed by atoms with van der Waals surface area (Å²) in [5.74, 6) is 0. The Labute approximate surface area is 100 Å². The Bertz CT molecular complexity index is 227. The zero-order valence-corrected chi connectivity index (χ0v) is 11.1. The van der Waals surface area contributed by atoms with Gasteiger partial charge in [0.25, 0.3) is 0 Å². The van der Waals surface area contributed by atoms with E-state index in [-0.39, 0.29) is 5.54 Å². The topological polar surface area (TPSA) is 41.3 Å². The van der Waals surface area contributed by atoms with E-state index in [1.807, 2.05) is 0 Å². The predicted molar refractivity (Wildman–Crippen MR) is 70.5 cm³/mol. The Balaban J connectivity index is 2.48. The van der Waals surface area contributed by atoms with E-state index in [1.165, 1.54) is 5.57 Å². The van der Waals surface area contributed by atoms with Crippen LogP contribution in [0.5, 0.6) is 0 Å². The Morgan fingerprint density at radius 1 is 1.44 bits per heavy atom. The Hall–Kier alpha value is -0.380. The maximum atomic E-state index is 5.94. The summed E-state index contributed by atoms with van der Waals surface area (Å²) >= 11 is 0. The molecule has 1 aliphatic rings. The first kappa shape index (κ1) is 13.7. The minimum atomic E-state index is 0.143. The molecule has 0 bridgehead atoms. The van der Waals surface area contributed by atoms with E-state index in [1.54, 1.807) is 0 Å². The molecule has 0 unspecified atom stereocenters. The van der Waals surface area contributed by atoms with Crippen LogP contribution in [0.1, 0.15) is 33.6 Å². The molecule has 1 saturated heterocycles. The summed E-state index contributed by atoms with van der Waals surface area (Å²) in [6.45, 7) is 14.4. The lowest BCUT2D eigenvalue weighted by Crippen LogP contribution is -2.58. The zero-order chi connectivity index (χ0) is 12.2. The molecule has 0 saturated carbocycles. The molecule has 1 heterocycles. The number of hydrogen-bond donors (Lipinski definition) is 2. The third-order valence-electron chi connectivity index (χ3n) is 3.64. The Morgan fingerprint density at radius 3 is 2.38 bits per heavy atom.